The van der Waals surface area contributed by atoms with Gasteiger partial charge >= 0.3 is 0 Å². The SMILES string of the molecule is COCCC(C)NS(=O)(=O)C(C)C#N. The van der Waals surface area contributed by atoms with Gasteiger partial charge in [0.2, 0.25) is 10.0 Å². The van der Waals surface area contributed by atoms with Gasteiger partial charge < -0.3 is 4.74 Å². The van der Waals surface area contributed by atoms with Crippen LogP contribution in [-0.4, -0.2) is 33.4 Å². The third kappa shape index (κ3) is 4.56. The Kier molecular flexibility index (Phi) is 5.69. The van der Waals surface area contributed by atoms with Gasteiger partial charge in [0.1, 0.15) is 0 Å². The van der Waals surface area contributed by atoms with Gasteiger partial charge in [0.15, 0.2) is 5.25 Å². The number of nitrogens with one attached hydrogen (secondary N) is 1. The average Bonchev–Trinajstić information content (AvgIpc) is 2.12. The van der Waals surface area contributed by atoms with Crippen LogP contribution in [0.5, 0.6) is 0 Å². The molecule has 2 unspecified atom stereocenters. The molecule has 0 fully saturated rings. The summed E-state index contributed by atoms with van der Waals surface area (Å²) in [5.74, 6) is 0. The van der Waals surface area contributed by atoms with E-state index in [0.29, 0.717) is 13.0 Å². The van der Waals surface area contributed by atoms with E-state index < -0.39 is 15.3 Å². The van der Waals surface area contributed by atoms with E-state index in [1.54, 1.807) is 20.1 Å². The minimum atomic E-state index is -3.51. The molecule has 0 aromatic carbocycles. The van der Waals surface area contributed by atoms with E-state index in [1.807, 2.05) is 0 Å². The normalized spacial score (nSPS) is 15.9. The molecule has 0 heterocycles. The zero-order valence-electron chi connectivity index (χ0n) is 8.65. The maximum absolute atomic E-state index is 11.4. The van der Waals surface area contributed by atoms with Gasteiger partial charge in [0.05, 0.1) is 6.07 Å². The highest BCUT2D eigenvalue weighted by molar-refractivity contribution is 7.90. The Morgan fingerprint density at radius 3 is 2.50 bits per heavy atom. The summed E-state index contributed by atoms with van der Waals surface area (Å²) in [5, 5.41) is 7.44. The smallest absolute Gasteiger partial charge is 0.227 e. The first-order valence-electron chi connectivity index (χ1n) is 4.33. The molecule has 0 aliphatic rings. The molecule has 0 aliphatic carbocycles. The summed E-state index contributed by atoms with van der Waals surface area (Å²) < 4.78 is 29.9. The van der Waals surface area contributed by atoms with Crippen molar-refractivity contribution in [3.8, 4) is 6.07 Å². The number of methoxy groups -OCH3 is 1. The first-order valence-corrected chi connectivity index (χ1v) is 5.88. The zero-order chi connectivity index (χ0) is 11.2. The van der Waals surface area contributed by atoms with Crippen LogP contribution in [0.4, 0.5) is 0 Å². The van der Waals surface area contributed by atoms with Crippen molar-refractivity contribution in [3.05, 3.63) is 0 Å². The van der Waals surface area contributed by atoms with Gasteiger partial charge in [0.25, 0.3) is 0 Å². The summed E-state index contributed by atoms with van der Waals surface area (Å²) in [6.07, 6.45) is 0.591. The zero-order valence-corrected chi connectivity index (χ0v) is 9.47. The molecule has 0 saturated carbocycles. The summed E-state index contributed by atoms with van der Waals surface area (Å²) in [6.45, 7) is 3.58. The third-order valence-electron chi connectivity index (χ3n) is 1.77. The molecule has 0 aromatic rings. The molecule has 6 heteroatoms. The molecule has 0 bridgehead atoms. The average molecular weight is 220 g/mol. The lowest BCUT2D eigenvalue weighted by atomic mass is 10.3. The van der Waals surface area contributed by atoms with Gasteiger partial charge in [-0.15, -0.1) is 0 Å². The summed E-state index contributed by atoms with van der Waals surface area (Å²) >= 11 is 0. The van der Waals surface area contributed by atoms with Crippen molar-refractivity contribution in [1.29, 1.82) is 5.26 Å². The van der Waals surface area contributed by atoms with Crippen molar-refractivity contribution in [2.45, 2.75) is 31.6 Å². The van der Waals surface area contributed by atoms with E-state index >= 15 is 0 Å². The number of sulfonamides is 1. The van der Waals surface area contributed by atoms with Crippen LogP contribution in [0.15, 0.2) is 0 Å². The Labute approximate surface area is 85.1 Å². The van der Waals surface area contributed by atoms with E-state index in [2.05, 4.69) is 4.72 Å². The predicted octanol–water partition coefficient (Wildman–Crippen LogP) is 0.243. The molecule has 2 atom stereocenters. The van der Waals surface area contributed by atoms with Crippen LogP contribution in [0.25, 0.3) is 0 Å². The van der Waals surface area contributed by atoms with Crippen LogP contribution in [-0.2, 0) is 14.8 Å². The summed E-state index contributed by atoms with van der Waals surface area (Å²) in [7, 11) is -1.95. The van der Waals surface area contributed by atoms with Gasteiger partial charge in [-0.3, -0.25) is 0 Å². The lowest BCUT2D eigenvalue weighted by Crippen LogP contribution is -2.38. The maximum Gasteiger partial charge on any atom is 0.227 e. The second kappa shape index (κ2) is 5.96. The second-order valence-corrected chi connectivity index (χ2v) is 5.15. The van der Waals surface area contributed by atoms with Gasteiger partial charge in [0, 0.05) is 19.8 Å². The Hall–Kier alpha value is -0.640. The molecule has 5 nitrogen and oxygen atoms in total. The Balaban J connectivity index is 4.17. The minimum Gasteiger partial charge on any atom is -0.385 e. The molecule has 1 N–H and O–H groups in total. The molecule has 0 amide bonds. The molecule has 0 rings (SSSR count). The number of hydrogen-bond donors (Lipinski definition) is 1. The van der Waals surface area contributed by atoms with Crippen LogP contribution in [0.1, 0.15) is 20.3 Å². The van der Waals surface area contributed by atoms with Crippen LogP contribution >= 0.6 is 0 Å². The molecule has 0 spiro atoms. The van der Waals surface area contributed by atoms with Crippen LogP contribution in [0, 0.1) is 11.3 Å². The largest absolute Gasteiger partial charge is 0.385 e. The number of nitriles is 1. The lowest BCUT2D eigenvalue weighted by molar-refractivity contribution is 0.188. The molecule has 0 aromatic heterocycles. The Morgan fingerprint density at radius 1 is 1.50 bits per heavy atom. The predicted molar refractivity (Wildman–Crippen MR) is 53.1 cm³/mol. The molecule has 0 aliphatic heterocycles. The molecular weight excluding hydrogens is 204 g/mol. The van der Waals surface area contributed by atoms with Crippen LogP contribution in [0.3, 0.4) is 0 Å². The molecule has 0 saturated heterocycles. The number of ether oxygens (including phenoxy) is 1. The first kappa shape index (κ1) is 13.4. The maximum atomic E-state index is 11.4. The van der Waals surface area contributed by atoms with Crippen molar-refractivity contribution in [3.63, 3.8) is 0 Å². The highest BCUT2D eigenvalue weighted by Gasteiger charge is 2.21. The molecule has 82 valence electrons. The quantitative estimate of drug-likeness (QED) is 0.695. The Morgan fingerprint density at radius 2 is 2.07 bits per heavy atom. The highest BCUT2D eigenvalue weighted by atomic mass is 32.2. The van der Waals surface area contributed by atoms with E-state index in [0.717, 1.165) is 0 Å². The Bertz CT molecular complexity index is 294. The minimum absolute atomic E-state index is 0.212. The monoisotopic (exact) mass is 220 g/mol. The highest BCUT2D eigenvalue weighted by Crippen LogP contribution is 2.00. The fraction of sp³-hybridized carbons (Fsp3) is 0.875. The van der Waals surface area contributed by atoms with Crippen molar-refractivity contribution >= 4 is 10.0 Å². The van der Waals surface area contributed by atoms with E-state index in [-0.39, 0.29) is 6.04 Å². The lowest BCUT2D eigenvalue weighted by Gasteiger charge is -2.14. The van der Waals surface area contributed by atoms with Crippen molar-refractivity contribution in [2.75, 3.05) is 13.7 Å². The topological polar surface area (TPSA) is 79.2 Å². The summed E-state index contributed by atoms with van der Waals surface area (Å²) in [4.78, 5) is 0. The molecular formula is C8H16N2O3S. The van der Waals surface area contributed by atoms with Gasteiger partial charge in [-0.2, -0.15) is 5.26 Å². The fourth-order valence-electron chi connectivity index (χ4n) is 0.805. The van der Waals surface area contributed by atoms with Gasteiger partial charge in [-0.25, -0.2) is 13.1 Å². The van der Waals surface area contributed by atoms with Crippen molar-refractivity contribution < 1.29 is 13.2 Å². The van der Waals surface area contributed by atoms with E-state index in [4.69, 9.17) is 10.00 Å². The number of rotatable bonds is 6. The summed E-state index contributed by atoms with van der Waals surface area (Å²) in [5.41, 5.74) is 0. The second-order valence-electron chi connectivity index (χ2n) is 3.12. The molecule has 14 heavy (non-hydrogen) atoms. The van der Waals surface area contributed by atoms with E-state index in [9.17, 15) is 8.42 Å². The van der Waals surface area contributed by atoms with Crippen LogP contribution in [0.2, 0.25) is 0 Å². The van der Waals surface area contributed by atoms with E-state index in [1.165, 1.54) is 6.92 Å². The number of nitrogens with zero attached hydrogens (tertiary/aromatic N) is 1. The van der Waals surface area contributed by atoms with Crippen LogP contribution < -0.4 is 4.72 Å². The first-order chi connectivity index (χ1) is 6.44. The van der Waals surface area contributed by atoms with Gasteiger partial charge in [-0.05, 0) is 20.3 Å². The third-order valence-corrected chi connectivity index (χ3v) is 3.53. The fourth-order valence-corrected chi connectivity index (χ4v) is 1.83. The van der Waals surface area contributed by atoms with Gasteiger partial charge in [-0.1, -0.05) is 0 Å². The van der Waals surface area contributed by atoms with Crippen molar-refractivity contribution in [1.82, 2.24) is 4.72 Å². The molecule has 0 radical (unpaired) electrons. The summed E-state index contributed by atoms with van der Waals surface area (Å²) in [6, 6.07) is 1.47. The number of hydrogen-bond acceptors (Lipinski definition) is 4. The van der Waals surface area contributed by atoms with Crippen molar-refractivity contribution in [2.24, 2.45) is 0 Å². The standard InChI is InChI=1S/C8H16N2O3S/c1-7(4-5-13-3)10-14(11,12)8(2)6-9/h7-8,10H,4-5H2,1-3H3.